The molecule has 1 aliphatic heterocycles. The lowest BCUT2D eigenvalue weighted by molar-refractivity contribution is -0.115. The molecule has 0 saturated heterocycles. The number of amides is 2. The Morgan fingerprint density at radius 1 is 1.38 bits per heavy atom. The Morgan fingerprint density at radius 2 is 2.24 bits per heavy atom. The molecular formula is C15H13N3O2S. The molecule has 3 rings (SSSR count). The van der Waals surface area contributed by atoms with Gasteiger partial charge in [-0.1, -0.05) is 0 Å². The van der Waals surface area contributed by atoms with E-state index in [1.807, 2.05) is 19.1 Å². The summed E-state index contributed by atoms with van der Waals surface area (Å²) in [6.45, 7) is 1.86. The SMILES string of the molecule is CC1Sc2ccc(NC(=O)c3cccnc3)cc2NC1=O. The van der Waals surface area contributed by atoms with Gasteiger partial charge in [0.05, 0.1) is 16.5 Å². The van der Waals surface area contributed by atoms with Crippen molar-refractivity contribution in [3.8, 4) is 0 Å². The lowest BCUT2D eigenvalue weighted by Crippen LogP contribution is -2.26. The van der Waals surface area contributed by atoms with E-state index in [9.17, 15) is 9.59 Å². The Bertz CT molecular complexity index is 703. The normalized spacial score (nSPS) is 16.8. The average molecular weight is 299 g/mol. The highest BCUT2D eigenvalue weighted by Gasteiger charge is 2.23. The van der Waals surface area contributed by atoms with Crippen molar-refractivity contribution in [2.45, 2.75) is 17.1 Å². The number of nitrogens with zero attached hydrogens (tertiary/aromatic N) is 1. The van der Waals surface area contributed by atoms with E-state index in [0.29, 0.717) is 11.3 Å². The second-order valence-electron chi connectivity index (χ2n) is 4.66. The van der Waals surface area contributed by atoms with Crippen LogP contribution in [0.1, 0.15) is 17.3 Å². The van der Waals surface area contributed by atoms with Gasteiger partial charge in [0.25, 0.3) is 5.91 Å². The van der Waals surface area contributed by atoms with Crippen molar-refractivity contribution < 1.29 is 9.59 Å². The summed E-state index contributed by atoms with van der Waals surface area (Å²) in [5, 5.41) is 5.53. The number of carbonyl (C=O) groups excluding carboxylic acids is 2. The Morgan fingerprint density at radius 3 is 3.00 bits per heavy atom. The van der Waals surface area contributed by atoms with E-state index >= 15 is 0 Å². The number of fused-ring (bicyclic) bond motifs is 1. The fourth-order valence-electron chi connectivity index (χ4n) is 1.99. The number of carbonyl (C=O) groups is 2. The van der Waals surface area contributed by atoms with Gasteiger partial charge < -0.3 is 10.6 Å². The fraction of sp³-hybridized carbons (Fsp3) is 0.133. The highest BCUT2D eigenvalue weighted by atomic mass is 32.2. The Balaban J connectivity index is 1.80. The Kier molecular flexibility index (Phi) is 3.62. The van der Waals surface area contributed by atoms with Crippen LogP contribution < -0.4 is 10.6 Å². The van der Waals surface area contributed by atoms with Gasteiger partial charge >= 0.3 is 0 Å². The van der Waals surface area contributed by atoms with Crippen molar-refractivity contribution in [1.82, 2.24) is 4.98 Å². The monoisotopic (exact) mass is 299 g/mol. The van der Waals surface area contributed by atoms with Crippen molar-refractivity contribution in [3.63, 3.8) is 0 Å². The van der Waals surface area contributed by atoms with Gasteiger partial charge in [-0.15, -0.1) is 11.8 Å². The summed E-state index contributed by atoms with van der Waals surface area (Å²) in [4.78, 5) is 28.7. The molecule has 106 valence electrons. The first kappa shape index (κ1) is 13.6. The molecule has 2 aromatic rings. The first-order chi connectivity index (χ1) is 10.1. The standard InChI is InChI=1S/C15H13N3O2S/c1-9-14(19)18-12-7-11(4-5-13(12)21-9)17-15(20)10-3-2-6-16-8-10/h2-9H,1H3,(H,17,20)(H,18,19). The zero-order chi connectivity index (χ0) is 14.8. The van der Waals surface area contributed by atoms with Crippen molar-refractivity contribution in [2.24, 2.45) is 0 Å². The van der Waals surface area contributed by atoms with Gasteiger partial charge in [0.15, 0.2) is 0 Å². The highest BCUT2D eigenvalue weighted by molar-refractivity contribution is 8.00. The smallest absolute Gasteiger partial charge is 0.257 e. The molecule has 0 saturated carbocycles. The molecule has 2 heterocycles. The zero-order valence-corrected chi connectivity index (χ0v) is 12.1. The summed E-state index contributed by atoms with van der Waals surface area (Å²) in [5.41, 5.74) is 1.85. The summed E-state index contributed by atoms with van der Waals surface area (Å²) in [6, 6.07) is 8.89. The molecule has 1 atom stereocenters. The summed E-state index contributed by atoms with van der Waals surface area (Å²) in [6.07, 6.45) is 3.12. The van der Waals surface area contributed by atoms with Crippen molar-refractivity contribution in [2.75, 3.05) is 10.6 Å². The number of hydrogen-bond donors (Lipinski definition) is 2. The second kappa shape index (κ2) is 5.57. The lowest BCUT2D eigenvalue weighted by atomic mass is 10.2. The molecule has 1 aromatic heterocycles. The number of nitrogens with one attached hydrogen (secondary N) is 2. The van der Waals surface area contributed by atoms with Gasteiger partial charge in [-0.25, -0.2) is 0 Å². The van der Waals surface area contributed by atoms with Crippen molar-refractivity contribution >= 4 is 35.0 Å². The molecule has 21 heavy (non-hydrogen) atoms. The molecule has 0 fully saturated rings. The average Bonchev–Trinajstić information content (AvgIpc) is 2.49. The molecule has 1 unspecified atom stereocenters. The summed E-state index contributed by atoms with van der Waals surface area (Å²) in [5.74, 6) is -0.255. The lowest BCUT2D eigenvalue weighted by Gasteiger charge is -2.21. The Labute approximate surface area is 126 Å². The molecule has 2 N–H and O–H groups in total. The first-order valence-electron chi connectivity index (χ1n) is 6.46. The van der Waals surface area contributed by atoms with E-state index in [1.54, 1.807) is 24.4 Å². The second-order valence-corrected chi connectivity index (χ2v) is 6.04. The maximum atomic E-state index is 12.1. The number of pyridine rings is 1. The van der Waals surface area contributed by atoms with Crippen molar-refractivity contribution in [3.05, 3.63) is 48.3 Å². The molecule has 0 aliphatic carbocycles. The minimum absolute atomic E-state index is 0.0248. The van der Waals surface area contributed by atoms with Crippen molar-refractivity contribution in [1.29, 1.82) is 0 Å². The van der Waals surface area contributed by atoms with E-state index in [4.69, 9.17) is 0 Å². The third-order valence-corrected chi connectivity index (χ3v) is 4.27. The van der Waals surface area contributed by atoms with Crippen LogP contribution in [-0.2, 0) is 4.79 Å². The molecule has 1 aromatic carbocycles. The summed E-state index contributed by atoms with van der Waals surface area (Å²) in [7, 11) is 0. The van der Waals surface area contributed by atoms with Gasteiger partial charge in [-0.05, 0) is 37.3 Å². The molecular weight excluding hydrogens is 286 g/mol. The zero-order valence-electron chi connectivity index (χ0n) is 11.3. The van der Waals surface area contributed by atoms with Gasteiger partial charge in [0, 0.05) is 23.0 Å². The molecule has 6 heteroatoms. The largest absolute Gasteiger partial charge is 0.324 e. The summed E-state index contributed by atoms with van der Waals surface area (Å²) < 4.78 is 0. The van der Waals surface area contributed by atoms with E-state index in [-0.39, 0.29) is 17.1 Å². The van der Waals surface area contributed by atoms with Crippen LogP contribution in [0.4, 0.5) is 11.4 Å². The number of rotatable bonds is 2. The van der Waals surface area contributed by atoms with Crippen LogP contribution in [0.3, 0.4) is 0 Å². The van der Waals surface area contributed by atoms with E-state index < -0.39 is 0 Å². The number of anilines is 2. The molecule has 0 spiro atoms. The number of hydrogen-bond acceptors (Lipinski definition) is 4. The van der Waals surface area contributed by atoms with Crippen LogP contribution in [-0.4, -0.2) is 22.0 Å². The first-order valence-corrected chi connectivity index (χ1v) is 7.34. The molecule has 1 aliphatic rings. The molecule has 0 radical (unpaired) electrons. The van der Waals surface area contributed by atoms with Gasteiger partial charge in [0.2, 0.25) is 5.91 Å². The third-order valence-electron chi connectivity index (χ3n) is 3.09. The van der Waals surface area contributed by atoms with E-state index in [1.165, 1.54) is 18.0 Å². The van der Waals surface area contributed by atoms with E-state index in [0.717, 1.165) is 10.6 Å². The van der Waals surface area contributed by atoms with Gasteiger partial charge in [-0.3, -0.25) is 14.6 Å². The third kappa shape index (κ3) is 2.90. The maximum absolute atomic E-state index is 12.1. The molecule has 2 amide bonds. The molecule has 0 bridgehead atoms. The minimum Gasteiger partial charge on any atom is -0.324 e. The van der Waals surface area contributed by atoms with Gasteiger partial charge in [0.1, 0.15) is 0 Å². The minimum atomic E-state index is -0.230. The van der Waals surface area contributed by atoms with Gasteiger partial charge in [-0.2, -0.15) is 0 Å². The fourth-order valence-corrected chi connectivity index (χ4v) is 2.92. The van der Waals surface area contributed by atoms with Crippen LogP contribution in [0, 0.1) is 0 Å². The molecule has 5 nitrogen and oxygen atoms in total. The highest BCUT2D eigenvalue weighted by Crippen LogP contribution is 2.36. The number of benzene rings is 1. The van der Waals surface area contributed by atoms with E-state index in [2.05, 4.69) is 15.6 Å². The maximum Gasteiger partial charge on any atom is 0.257 e. The van der Waals surface area contributed by atoms with Crippen LogP contribution >= 0.6 is 11.8 Å². The summed E-state index contributed by atoms with van der Waals surface area (Å²) >= 11 is 1.51. The Hall–Kier alpha value is -2.34. The van der Waals surface area contributed by atoms with Crippen LogP contribution in [0.2, 0.25) is 0 Å². The number of aromatic nitrogens is 1. The van der Waals surface area contributed by atoms with Crippen LogP contribution in [0.15, 0.2) is 47.6 Å². The predicted molar refractivity (Wildman–Crippen MR) is 82.6 cm³/mol. The number of thioether (sulfide) groups is 1. The van der Waals surface area contributed by atoms with Crippen LogP contribution in [0.25, 0.3) is 0 Å². The van der Waals surface area contributed by atoms with Crippen LogP contribution in [0.5, 0.6) is 0 Å². The quantitative estimate of drug-likeness (QED) is 0.894. The topological polar surface area (TPSA) is 71.1 Å². The predicted octanol–water partition coefficient (Wildman–Crippen LogP) is 2.77.